The Balaban J connectivity index is 1.70. The van der Waals surface area contributed by atoms with Crippen molar-refractivity contribution < 1.29 is 14.2 Å². The molecule has 3 aromatic heterocycles. The maximum Gasteiger partial charge on any atom is 0.265 e. The molecule has 5 aromatic rings. The Labute approximate surface area is 194 Å². The number of fused-ring (bicyclic) bond motifs is 4. The summed E-state index contributed by atoms with van der Waals surface area (Å²) in [5, 5.41) is 0.415. The fraction of sp³-hybridized carbons (Fsp3) is 0.280. The first kappa shape index (κ1) is 20.6. The number of hydrogen-bond donors (Lipinski definition) is 0. The van der Waals surface area contributed by atoms with Gasteiger partial charge in [-0.25, -0.2) is 15.0 Å². The highest BCUT2D eigenvalue weighted by Gasteiger charge is 2.24. The minimum Gasteiger partial charge on any atom is -0.497 e. The third-order valence-corrected chi connectivity index (χ3v) is 6.28. The van der Waals surface area contributed by atoms with E-state index in [1.165, 1.54) is 0 Å². The van der Waals surface area contributed by atoms with E-state index in [1.807, 2.05) is 47.0 Å². The number of methoxy groups -OCH3 is 2. The number of aromatic nitrogens is 5. The lowest BCUT2D eigenvalue weighted by atomic mass is 10.2. The third-order valence-electron chi connectivity index (χ3n) is 6.28. The molecule has 1 aliphatic rings. The molecule has 6 rings (SSSR count). The monoisotopic (exact) mass is 457 g/mol. The Morgan fingerprint density at radius 2 is 1.88 bits per heavy atom. The normalized spacial score (nSPS) is 16.0. The van der Waals surface area contributed by atoms with Gasteiger partial charge in [0.15, 0.2) is 11.3 Å². The van der Waals surface area contributed by atoms with Crippen LogP contribution in [0.2, 0.25) is 0 Å². The lowest BCUT2D eigenvalue weighted by molar-refractivity contribution is 0.0960. The summed E-state index contributed by atoms with van der Waals surface area (Å²) in [4.78, 5) is 28.2. The van der Waals surface area contributed by atoms with Crippen molar-refractivity contribution in [3.63, 3.8) is 0 Å². The highest BCUT2D eigenvalue weighted by molar-refractivity contribution is 6.06. The maximum atomic E-state index is 13.7. The van der Waals surface area contributed by atoms with Gasteiger partial charge < -0.3 is 14.2 Å². The molecule has 172 valence electrons. The minimum absolute atomic E-state index is 0.00990. The van der Waals surface area contributed by atoms with E-state index in [9.17, 15) is 4.79 Å². The van der Waals surface area contributed by atoms with Crippen molar-refractivity contribution in [2.24, 2.45) is 0 Å². The average molecular weight is 457 g/mol. The molecule has 1 unspecified atom stereocenters. The molecule has 0 amide bonds. The fourth-order valence-corrected chi connectivity index (χ4v) is 4.61. The molecule has 2 aromatic carbocycles. The average Bonchev–Trinajstić information content (AvgIpc) is 3.49. The van der Waals surface area contributed by atoms with Gasteiger partial charge in [-0.3, -0.25) is 13.9 Å². The lowest BCUT2D eigenvalue weighted by Crippen LogP contribution is -2.26. The zero-order valence-electron chi connectivity index (χ0n) is 18.9. The van der Waals surface area contributed by atoms with E-state index in [0.717, 1.165) is 25.0 Å². The number of benzene rings is 2. The molecule has 1 aliphatic heterocycles. The van der Waals surface area contributed by atoms with Crippen LogP contribution in [0.5, 0.6) is 11.5 Å². The molecule has 34 heavy (non-hydrogen) atoms. The SMILES string of the molecule is COc1ccc(OC)c(-n2c3nc4ccccc4nc3c3c(=O)n(CC4CCCO4)cnc32)c1. The summed E-state index contributed by atoms with van der Waals surface area (Å²) in [7, 11) is 3.20. The maximum absolute atomic E-state index is 13.7. The van der Waals surface area contributed by atoms with Crippen molar-refractivity contribution >= 4 is 33.2 Å². The standard InChI is InChI=1S/C25H23N5O4/c1-32-15-9-10-20(33-2)19(12-15)30-23-21(22-24(30)28-18-8-4-3-7-17(18)27-22)25(31)29(14-26-23)13-16-6-5-11-34-16/h3-4,7-10,12,14,16H,5-6,11,13H2,1-2H3. The number of nitrogens with zero attached hydrogens (tertiary/aromatic N) is 5. The van der Waals surface area contributed by atoms with Crippen molar-refractivity contribution in [2.75, 3.05) is 20.8 Å². The van der Waals surface area contributed by atoms with Gasteiger partial charge in [0, 0.05) is 12.7 Å². The number of rotatable bonds is 5. The summed E-state index contributed by atoms with van der Waals surface area (Å²) in [6.07, 6.45) is 3.52. The zero-order chi connectivity index (χ0) is 23.2. The van der Waals surface area contributed by atoms with Gasteiger partial charge in [-0.15, -0.1) is 0 Å². The molecule has 0 saturated carbocycles. The van der Waals surface area contributed by atoms with Crippen LogP contribution in [0.4, 0.5) is 0 Å². The summed E-state index contributed by atoms with van der Waals surface area (Å²) in [6, 6.07) is 13.1. The predicted octanol–water partition coefficient (Wildman–Crippen LogP) is 3.48. The summed E-state index contributed by atoms with van der Waals surface area (Å²) in [5.74, 6) is 1.24. The highest BCUT2D eigenvalue weighted by Crippen LogP contribution is 2.34. The highest BCUT2D eigenvalue weighted by atomic mass is 16.5. The molecule has 9 nitrogen and oxygen atoms in total. The smallest absolute Gasteiger partial charge is 0.265 e. The first-order valence-electron chi connectivity index (χ1n) is 11.2. The van der Waals surface area contributed by atoms with Crippen molar-refractivity contribution in [2.45, 2.75) is 25.5 Å². The third kappa shape index (κ3) is 3.19. The molecule has 9 heteroatoms. The zero-order valence-corrected chi connectivity index (χ0v) is 18.9. The molecular weight excluding hydrogens is 434 g/mol. The summed E-state index contributed by atoms with van der Waals surface area (Å²) >= 11 is 0. The Bertz CT molecular complexity index is 1600. The van der Waals surface area contributed by atoms with Crippen LogP contribution >= 0.6 is 0 Å². The summed E-state index contributed by atoms with van der Waals surface area (Å²) in [5.41, 5.74) is 3.41. The fourth-order valence-electron chi connectivity index (χ4n) is 4.61. The molecular formula is C25H23N5O4. The molecule has 0 radical (unpaired) electrons. The van der Waals surface area contributed by atoms with Crippen LogP contribution in [-0.4, -0.2) is 51.0 Å². The second-order valence-electron chi connectivity index (χ2n) is 8.29. The van der Waals surface area contributed by atoms with E-state index in [4.69, 9.17) is 29.2 Å². The van der Waals surface area contributed by atoms with E-state index in [0.29, 0.717) is 51.4 Å². The van der Waals surface area contributed by atoms with Gasteiger partial charge in [0.05, 0.1) is 43.6 Å². The number of ether oxygens (including phenoxy) is 3. The van der Waals surface area contributed by atoms with Gasteiger partial charge in [-0.1, -0.05) is 12.1 Å². The van der Waals surface area contributed by atoms with Crippen molar-refractivity contribution in [3.8, 4) is 17.2 Å². The molecule has 1 atom stereocenters. The van der Waals surface area contributed by atoms with Gasteiger partial charge in [-0.2, -0.15) is 0 Å². The topological polar surface area (TPSA) is 93.3 Å². The second-order valence-corrected chi connectivity index (χ2v) is 8.29. The van der Waals surface area contributed by atoms with Crippen molar-refractivity contribution in [1.82, 2.24) is 24.1 Å². The summed E-state index contributed by atoms with van der Waals surface area (Å²) in [6.45, 7) is 1.18. The largest absolute Gasteiger partial charge is 0.497 e. The van der Waals surface area contributed by atoms with Crippen LogP contribution in [0.25, 0.3) is 38.9 Å². The molecule has 1 saturated heterocycles. The minimum atomic E-state index is -0.171. The van der Waals surface area contributed by atoms with Gasteiger partial charge in [0.25, 0.3) is 5.56 Å². The van der Waals surface area contributed by atoms with Crippen LogP contribution in [-0.2, 0) is 11.3 Å². The van der Waals surface area contributed by atoms with Gasteiger partial charge >= 0.3 is 0 Å². The van der Waals surface area contributed by atoms with Crippen molar-refractivity contribution in [1.29, 1.82) is 0 Å². The van der Waals surface area contributed by atoms with Crippen LogP contribution in [0, 0.1) is 0 Å². The molecule has 0 aliphatic carbocycles. The quantitative estimate of drug-likeness (QED) is 0.399. The Hall–Kier alpha value is -3.98. The van der Waals surface area contributed by atoms with E-state index >= 15 is 0 Å². The van der Waals surface area contributed by atoms with Crippen LogP contribution < -0.4 is 15.0 Å². The first-order valence-corrected chi connectivity index (χ1v) is 11.2. The van der Waals surface area contributed by atoms with Gasteiger partial charge in [-0.05, 0) is 37.1 Å². The van der Waals surface area contributed by atoms with E-state index in [1.54, 1.807) is 25.1 Å². The second kappa shape index (κ2) is 8.11. The van der Waals surface area contributed by atoms with Crippen LogP contribution in [0.1, 0.15) is 12.8 Å². The van der Waals surface area contributed by atoms with Gasteiger partial charge in [0.1, 0.15) is 28.7 Å². The van der Waals surface area contributed by atoms with E-state index in [2.05, 4.69) is 0 Å². The van der Waals surface area contributed by atoms with Crippen molar-refractivity contribution in [3.05, 3.63) is 59.1 Å². The molecule has 4 heterocycles. The van der Waals surface area contributed by atoms with E-state index in [-0.39, 0.29) is 11.7 Å². The first-order chi connectivity index (χ1) is 16.7. The Morgan fingerprint density at radius 1 is 1.06 bits per heavy atom. The molecule has 0 spiro atoms. The Morgan fingerprint density at radius 3 is 2.62 bits per heavy atom. The number of hydrogen-bond acceptors (Lipinski definition) is 7. The summed E-state index contributed by atoms with van der Waals surface area (Å²) < 4.78 is 20.3. The van der Waals surface area contributed by atoms with Gasteiger partial charge in [0.2, 0.25) is 0 Å². The lowest BCUT2D eigenvalue weighted by Gasteiger charge is -2.14. The van der Waals surface area contributed by atoms with Crippen LogP contribution in [0.3, 0.4) is 0 Å². The molecule has 0 N–H and O–H groups in total. The Kier molecular flexibility index (Phi) is 4.91. The predicted molar refractivity (Wildman–Crippen MR) is 128 cm³/mol. The van der Waals surface area contributed by atoms with Crippen LogP contribution in [0.15, 0.2) is 53.6 Å². The molecule has 1 fully saturated rings. The van der Waals surface area contributed by atoms with E-state index < -0.39 is 0 Å². The molecule has 0 bridgehead atoms. The number of para-hydroxylation sites is 2.